The van der Waals surface area contributed by atoms with Crippen LogP contribution >= 0.6 is 0 Å². The van der Waals surface area contributed by atoms with Crippen molar-refractivity contribution >= 4 is 5.91 Å². The Balaban J connectivity index is 1.19. The van der Waals surface area contributed by atoms with Crippen LogP contribution in [-0.2, 0) is 13.0 Å². The summed E-state index contributed by atoms with van der Waals surface area (Å²) < 4.78 is 12.0. The number of hydrogen-bond acceptors (Lipinski definition) is 6. The van der Waals surface area contributed by atoms with E-state index in [2.05, 4.69) is 41.1 Å². The lowest BCUT2D eigenvalue weighted by Crippen LogP contribution is -2.44. The maximum Gasteiger partial charge on any atom is 0.257 e. The number of hydrogen-bond donors (Lipinski definition) is 1. The summed E-state index contributed by atoms with van der Waals surface area (Å²) in [4.78, 5) is 19.4. The highest BCUT2D eigenvalue weighted by molar-refractivity contribution is 5.97. The number of benzene rings is 2. The van der Waals surface area contributed by atoms with Crippen LogP contribution < -0.4 is 9.47 Å². The van der Waals surface area contributed by atoms with Crippen molar-refractivity contribution in [1.29, 1.82) is 0 Å². The number of amides is 1. The first-order chi connectivity index (χ1) is 16.0. The van der Waals surface area contributed by atoms with Crippen molar-refractivity contribution in [2.24, 2.45) is 0 Å². The molecule has 33 heavy (non-hydrogen) atoms. The summed E-state index contributed by atoms with van der Waals surface area (Å²) in [6.45, 7) is 5.41. The molecule has 0 spiro atoms. The molecular weight excluding hydrogens is 418 g/mol. The zero-order chi connectivity index (χ0) is 22.8. The minimum atomic E-state index is -0.609. The van der Waals surface area contributed by atoms with E-state index >= 15 is 0 Å². The highest BCUT2D eigenvalue weighted by atomic mass is 16.5. The average Bonchev–Trinajstić information content (AvgIpc) is 3.15. The normalized spacial score (nSPS) is 22.3. The second-order valence-electron chi connectivity index (χ2n) is 9.46. The van der Waals surface area contributed by atoms with E-state index in [0.29, 0.717) is 37.6 Å². The molecule has 1 amide bonds. The summed E-state index contributed by atoms with van der Waals surface area (Å²) in [5.41, 5.74) is 3.25. The van der Waals surface area contributed by atoms with E-state index < -0.39 is 6.10 Å². The molecule has 1 N–H and O–H groups in total. The first-order valence-corrected chi connectivity index (χ1v) is 11.9. The van der Waals surface area contributed by atoms with Crippen LogP contribution in [0.1, 0.15) is 27.9 Å². The van der Waals surface area contributed by atoms with Gasteiger partial charge >= 0.3 is 0 Å². The molecule has 3 aliphatic rings. The average molecular weight is 452 g/mol. The van der Waals surface area contributed by atoms with E-state index in [9.17, 15) is 9.90 Å². The van der Waals surface area contributed by atoms with Crippen molar-refractivity contribution < 1.29 is 19.4 Å². The lowest BCUT2D eigenvalue weighted by atomic mass is 10.00. The quantitative estimate of drug-likeness (QED) is 0.725. The number of ether oxygens (including phenoxy) is 2. The largest absolute Gasteiger partial charge is 0.491 e. The number of aliphatic hydroxyl groups excluding tert-OH is 1. The number of carbonyl (C=O) groups is 1. The van der Waals surface area contributed by atoms with Gasteiger partial charge in [-0.1, -0.05) is 24.3 Å². The fourth-order valence-electron chi connectivity index (χ4n) is 5.09. The minimum Gasteiger partial charge on any atom is -0.491 e. The zero-order valence-corrected chi connectivity index (χ0v) is 19.3. The molecule has 0 saturated carbocycles. The van der Waals surface area contributed by atoms with Crippen LogP contribution in [0.3, 0.4) is 0 Å². The molecule has 3 heterocycles. The van der Waals surface area contributed by atoms with Crippen LogP contribution in [0.15, 0.2) is 42.5 Å². The number of nitrogens with zero attached hydrogens (tertiary/aromatic N) is 3. The SMILES string of the molecule is CN1CCC(Oc2ccc3c(c2)OCCN(CC(O)CN2CCc4ccccc4C2)C3=O)C1. The summed E-state index contributed by atoms with van der Waals surface area (Å²) in [5.74, 6) is 1.20. The lowest BCUT2D eigenvalue weighted by Gasteiger charge is -2.32. The predicted molar refractivity (Wildman–Crippen MR) is 126 cm³/mol. The molecule has 0 bridgehead atoms. The monoisotopic (exact) mass is 451 g/mol. The Hall–Kier alpha value is -2.61. The van der Waals surface area contributed by atoms with Crippen LogP contribution in [0, 0.1) is 0 Å². The molecule has 3 aliphatic heterocycles. The van der Waals surface area contributed by atoms with E-state index in [1.807, 2.05) is 12.1 Å². The first kappa shape index (κ1) is 22.2. The van der Waals surface area contributed by atoms with Crippen molar-refractivity contribution in [1.82, 2.24) is 14.7 Å². The van der Waals surface area contributed by atoms with E-state index in [0.717, 1.165) is 44.8 Å². The third-order valence-electron chi connectivity index (χ3n) is 6.85. The molecule has 176 valence electrons. The number of carbonyl (C=O) groups excluding carboxylic acids is 1. The summed E-state index contributed by atoms with van der Waals surface area (Å²) in [5, 5.41) is 10.8. The van der Waals surface area contributed by atoms with Gasteiger partial charge in [-0.3, -0.25) is 9.69 Å². The van der Waals surface area contributed by atoms with Gasteiger partial charge in [0.15, 0.2) is 0 Å². The molecule has 1 saturated heterocycles. The summed E-state index contributed by atoms with van der Waals surface area (Å²) in [6, 6.07) is 14.0. The number of aliphatic hydroxyl groups is 1. The van der Waals surface area contributed by atoms with Crippen molar-refractivity contribution in [3.63, 3.8) is 0 Å². The third kappa shape index (κ3) is 5.16. The van der Waals surface area contributed by atoms with Crippen LogP contribution in [0.25, 0.3) is 0 Å². The Labute approximate surface area is 195 Å². The van der Waals surface area contributed by atoms with E-state index in [-0.39, 0.29) is 12.0 Å². The molecule has 2 atom stereocenters. The predicted octanol–water partition coefficient (Wildman–Crippen LogP) is 2.02. The maximum absolute atomic E-state index is 13.2. The van der Waals surface area contributed by atoms with Gasteiger partial charge in [0.1, 0.15) is 24.2 Å². The molecule has 2 aromatic carbocycles. The van der Waals surface area contributed by atoms with E-state index in [1.165, 1.54) is 11.1 Å². The Morgan fingerprint density at radius 3 is 2.79 bits per heavy atom. The number of fused-ring (bicyclic) bond motifs is 2. The molecule has 0 aromatic heterocycles. The molecule has 0 radical (unpaired) electrons. The van der Waals surface area contributed by atoms with Crippen molar-refractivity contribution in [3.05, 3.63) is 59.2 Å². The Bertz CT molecular complexity index is 997. The van der Waals surface area contributed by atoms with Crippen LogP contribution in [0.5, 0.6) is 11.5 Å². The topological polar surface area (TPSA) is 65.5 Å². The summed E-state index contributed by atoms with van der Waals surface area (Å²) in [6.07, 6.45) is 1.56. The van der Waals surface area contributed by atoms with Crippen LogP contribution in [0.4, 0.5) is 0 Å². The van der Waals surface area contributed by atoms with Crippen LogP contribution in [0.2, 0.25) is 0 Å². The maximum atomic E-state index is 13.2. The fourth-order valence-corrected chi connectivity index (χ4v) is 5.09. The molecule has 1 fully saturated rings. The summed E-state index contributed by atoms with van der Waals surface area (Å²) >= 11 is 0. The van der Waals surface area contributed by atoms with Crippen molar-refractivity contribution in [2.75, 3.05) is 52.9 Å². The lowest BCUT2D eigenvalue weighted by molar-refractivity contribution is 0.0501. The second kappa shape index (κ2) is 9.71. The van der Waals surface area contributed by atoms with Crippen molar-refractivity contribution in [3.8, 4) is 11.5 Å². The van der Waals surface area contributed by atoms with Gasteiger partial charge in [-0.2, -0.15) is 0 Å². The van der Waals surface area contributed by atoms with Gasteiger partial charge in [0.2, 0.25) is 0 Å². The van der Waals surface area contributed by atoms with Gasteiger partial charge in [0.25, 0.3) is 5.91 Å². The van der Waals surface area contributed by atoms with Gasteiger partial charge in [-0.15, -0.1) is 0 Å². The third-order valence-corrected chi connectivity index (χ3v) is 6.85. The molecule has 7 nitrogen and oxygen atoms in total. The Morgan fingerprint density at radius 2 is 1.97 bits per heavy atom. The molecule has 2 aromatic rings. The molecule has 0 aliphatic carbocycles. The van der Waals surface area contributed by atoms with Gasteiger partial charge in [0, 0.05) is 45.3 Å². The van der Waals surface area contributed by atoms with Gasteiger partial charge < -0.3 is 24.4 Å². The Morgan fingerprint density at radius 1 is 1.12 bits per heavy atom. The molecular formula is C26H33N3O4. The smallest absolute Gasteiger partial charge is 0.257 e. The van der Waals surface area contributed by atoms with Gasteiger partial charge in [-0.25, -0.2) is 0 Å². The van der Waals surface area contributed by atoms with E-state index in [4.69, 9.17) is 9.47 Å². The number of likely N-dealkylation sites (N-methyl/N-ethyl adjacent to an activating group) is 1. The fraction of sp³-hybridized carbons (Fsp3) is 0.500. The number of likely N-dealkylation sites (tertiary alicyclic amines) is 1. The highest BCUT2D eigenvalue weighted by Gasteiger charge is 2.28. The van der Waals surface area contributed by atoms with Crippen LogP contribution in [-0.4, -0.2) is 90.8 Å². The second-order valence-corrected chi connectivity index (χ2v) is 9.46. The molecule has 5 rings (SSSR count). The molecule has 7 heteroatoms. The summed E-state index contributed by atoms with van der Waals surface area (Å²) in [7, 11) is 2.09. The first-order valence-electron chi connectivity index (χ1n) is 11.9. The molecule has 2 unspecified atom stereocenters. The van der Waals surface area contributed by atoms with Crippen molar-refractivity contribution in [2.45, 2.75) is 31.6 Å². The standard InChI is InChI=1S/C26H33N3O4/c1-27-10-9-23(18-27)33-22-6-7-24-25(14-22)32-13-12-29(26(24)31)17-21(30)16-28-11-8-19-4-2-3-5-20(19)15-28/h2-7,14,21,23,30H,8-13,15-18H2,1H3. The minimum absolute atomic E-state index is 0.0994. The number of rotatable bonds is 6. The zero-order valence-electron chi connectivity index (χ0n) is 19.3. The Kier molecular flexibility index (Phi) is 6.53. The van der Waals surface area contributed by atoms with Gasteiger partial charge in [-0.05, 0) is 43.1 Å². The van der Waals surface area contributed by atoms with E-state index in [1.54, 1.807) is 11.0 Å². The highest BCUT2D eigenvalue weighted by Crippen LogP contribution is 2.29. The van der Waals surface area contributed by atoms with Gasteiger partial charge in [0.05, 0.1) is 18.2 Å². The number of β-amino-alcohol motifs (C(OH)–C–C–N with tert-alkyl or cyclic N) is 1.